The van der Waals surface area contributed by atoms with Crippen LogP contribution in [0, 0.1) is 0 Å². The fourth-order valence-electron chi connectivity index (χ4n) is 1.27. The van der Waals surface area contributed by atoms with E-state index < -0.39 is 15.4 Å². The summed E-state index contributed by atoms with van der Waals surface area (Å²) in [6, 6.07) is 0. The van der Waals surface area contributed by atoms with Crippen molar-refractivity contribution in [2.75, 3.05) is 40.5 Å². The molecule has 0 radical (unpaired) electrons. The van der Waals surface area contributed by atoms with Crippen LogP contribution in [0.5, 0.6) is 0 Å². The topological polar surface area (TPSA) is 69.6 Å². The molecular formula is C8H20N2O5P2. The van der Waals surface area contributed by atoms with Crippen LogP contribution in [-0.4, -0.2) is 45.2 Å². The average Bonchev–Trinajstić information content (AvgIpc) is 2.67. The summed E-state index contributed by atoms with van der Waals surface area (Å²) in [4.78, 5) is 0. The van der Waals surface area contributed by atoms with Crippen molar-refractivity contribution < 1.29 is 22.7 Å². The van der Waals surface area contributed by atoms with Gasteiger partial charge in [-0.05, 0) is 27.9 Å². The van der Waals surface area contributed by atoms with Gasteiger partial charge in [-0.2, -0.15) is 0 Å². The van der Waals surface area contributed by atoms with Crippen LogP contribution in [0.15, 0.2) is 4.52 Å². The maximum atomic E-state index is 12.3. The summed E-state index contributed by atoms with van der Waals surface area (Å²) < 4.78 is 39.4. The lowest BCUT2D eigenvalue weighted by Gasteiger charge is -2.24. The van der Waals surface area contributed by atoms with Crippen LogP contribution in [0.25, 0.3) is 0 Å². The Morgan fingerprint density at radius 1 is 1.24 bits per heavy atom. The highest BCUT2D eigenvalue weighted by atomic mass is 31.2. The SMILES string of the molecule is CCOP(=O)(N=P1(N(C)C)OCCO1)OCC. The number of rotatable bonds is 6. The number of hydrogen-bond donors (Lipinski definition) is 0. The maximum absolute atomic E-state index is 12.3. The van der Waals surface area contributed by atoms with E-state index in [1.807, 2.05) is 0 Å². The van der Waals surface area contributed by atoms with Gasteiger partial charge in [-0.15, -0.1) is 4.52 Å². The van der Waals surface area contributed by atoms with E-state index in [2.05, 4.69) is 4.52 Å². The second-order valence-corrected chi connectivity index (χ2v) is 7.86. The van der Waals surface area contributed by atoms with Crippen molar-refractivity contribution in [3.05, 3.63) is 0 Å². The van der Waals surface area contributed by atoms with Gasteiger partial charge in [-0.1, -0.05) is 0 Å². The summed E-state index contributed by atoms with van der Waals surface area (Å²) in [5, 5.41) is 0. The predicted octanol–water partition coefficient (Wildman–Crippen LogP) is 2.72. The first kappa shape index (κ1) is 15.3. The molecule has 1 heterocycles. The minimum Gasteiger partial charge on any atom is -0.309 e. The van der Waals surface area contributed by atoms with Gasteiger partial charge in [0.1, 0.15) is 0 Å². The van der Waals surface area contributed by atoms with E-state index >= 15 is 0 Å². The molecule has 0 amide bonds. The first-order valence-corrected chi connectivity index (χ1v) is 8.50. The highest BCUT2D eigenvalue weighted by molar-refractivity contribution is 7.65. The van der Waals surface area contributed by atoms with E-state index in [4.69, 9.17) is 18.1 Å². The van der Waals surface area contributed by atoms with Crippen molar-refractivity contribution in [1.82, 2.24) is 4.67 Å². The summed E-state index contributed by atoms with van der Waals surface area (Å²) >= 11 is 0. The molecule has 17 heavy (non-hydrogen) atoms. The maximum Gasteiger partial charge on any atom is 0.457 e. The van der Waals surface area contributed by atoms with Crippen molar-refractivity contribution in [3.8, 4) is 0 Å². The Morgan fingerprint density at radius 3 is 2.06 bits per heavy atom. The molecule has 0 spiro atoms. The number of hydrogen-bond acceptors (Lipinski definition) is 5. The van der Waals surface area contributed by atoms with E-state index in [0.29, 0.717) is 13.2 Å². The Bertz CT molecular complexity index is 327. The van der Waals surface area contributed by atoms with Crippen LogP contribution >= 0.6 is 15.4 Å². The molecule has 1 saturated heterocycles. The largest absolute Gasteiger partial charge is 0.457 e. The van der Waals surface area contributed by atoms with Crippen molar-refractivity contribution in [3.63, 3.8) is 0 Å². The molecule has 0 N–H and O–H groups in total. The Morgan fingerprint density at radius 2 is 1.71 bits per heavy atom. The molecule has 102 valence electrons. The van der Waals surface area contributed by atoms with E-state index in [1.54, 1.807) is 32.6 Å². The second-order valence-electron chi connectivity index (χ2n) is 3.40. The molecule has 0 saturated carbocycles. The minimum atomic E-state index is -3.51. The standard InChI is InChI=1S/C8H20N2O5P2/c1-5-12-17(11,13-6-2)9-16(10(3)4)14-7-8-15-16/h5-8H2,1-4H3. The van der Waals surface area contributed by atoms with Gasteiger partial charge in [-0.25, -0.2) is 9.24 Å². The van der Waals surface area contributed by atoms with E-state index in [0.717, 1.165) is 0 Å². The molecular weight excluding hydrogens is 266 g/mol. The molecule has 1 aliphatic rings. The highest BCUT2D eigenvalue weighted by Gasteiger charge is 2.37. The molecule has 1 rings (SSSR count). The molecule has 1 fully saturated rings. The van der Waals surface area contributed by atoms with Crippen molar-refractivity contribution in [1.29, 1.82) is 0 Å². The lowest BCUT2D eigenvalue weighted by atomic mass is 10.8. The van der Waals surface area contributed by atoms with Crippen LogP contribution in [0.2, 0.25) is 0 Å². The van der Waals surface area contributed by atoms with E-state index in [-0.39, 0.29) is 13.2 Å². The van der Waals surface area contributed by atoms with Gasteiger partial charge in [0, 0.05) is 0 Å². The molecule has 0 aromatic heterocycles. The fourth-order valence-corrected chi connectivity index (χ4v) is 5.73. The first-order valence-electron chi connectivity index (χ1n) is 5.48. The van der Waals surface area contributed by atoms with Crippen LogP contribution in [0.1, 0.15) is 13.8 Å². The lowest BCUT2D eigenvalue weighted by Crippen LogP contribution is -2.09. The molecule has 0 atom stereocenters. The molecule has 0 aromatic carbocycles. The molecule has 0 bridgehead atoms. The Hall–Kier alpha value is 0.260. The molecule has 9 heteroatoms. The van der Waals surface area contributed by atoms with Crippen LogP contribution in [-0.2, 0) is 22.7 Å². The summed E-state index contributed by atoms with van der Waals surface area (Å²) in [5.74, 6) is 0. The smallest absolute Gasteiger partial charge is 0.309 e. The van der Waals surface area contributed by atoms with Gasteiger partial charge in [0.25, 0.3) is 7.66 Å². The third-order valence-corrected chi connectivity index (χ3v) is 6.91. The van der Waals surface area contributed by atoms with Gasteiger partial charge >= 0.3 is 7.75 Å². The van der Waals surface area contributed by atoms with Gasteiger partial charge in [0.05, 0.1) is 26.4 Å². The van der Waals surface area contributed by atoms with Crippen LogP contribution < -0.4 is 0 Å². The van der Waals surface area contributed by atoms with Gasteiger partial charge in [-0.3, -0.25) is 9.05 Å². The Balaban J connectivity index is 3.05. The third-order valence-electron chi connectivity index (χ3n) is 1.91. The summed E-state index contributed by atoms with van der Waals surface area (Å²) in [7, 11) is -2.62. The second kappa shape index (κ2) is 6.43. The van der Waals surface area contributed by atoms with Gasteiger partial charge in [0.2, 0.25) is 0 Å². The van der Waals surface area contributed by atoms with E-state index in [1.165, 1.54) is 0 Å². The molecule has 1 aliphatic heterocycles. The zero-order chi connectivity index (χ0) is 12.9. The highest BCUT2D eigenvalue weighted by Crippen LogP contribution is 2.66. The lowest BCUT2D eigenvalue weighted by molar-refractivity contribution is 0.220. The third kappa shape index (κ3) is 3.86. The fraction of sp³-hybridized carbons (Fsp3) is 1.00. The zero-order valence-electron chi connectivity index (χ0n) is 10.7. The molecule has 7 nitrogen and oxygen atoms in total. The number of nitrogens with zero attached hydrogens (tertiary/aromatic N) is 2. The summed E-state index contributed by atoms with van der Waals surface area (Å²) in [5.41, 5.74) is 0. The zero-order valence-corrected chi connectivity index (χ0v) is 12.4. The quantitative estimate of drug-likeness (QED) is 0.699. The molecule has 0 aromatic rings. The van der Waals surface area contributed by atoms with Crippen molar-refractivity contribution in [2.24, 2.45) is 4.52 Å². The Kier molecular flexibility index (Phi) is 5.80. The molecule has 0 aliphatic carbocycles. The Labute approximate surface area is 102 Å². The van der Waals surface area contributed by atoms with Crippen molar-refractivity contribution >= 4 is 15.4 Å². The monoisotopic (exact) mass is 286 g/mol. The van der Waals surface area contributed by atoms with Crippen LogP contribution in [0.3, 0.4) is 0 Å². The minimum absolute atomic E-state index is 0.258. The van der Waals surface area contributed by atoms with Gasteiger partial charge < -0.3 is 9.05 Å². The average molecular weight is 286 g/mol. The summed E-state index contributed by atoms with van der Waals surface area (Å²) in [6.45, 7) is 4.86. The van der Waals surface area contributed by atoms with Crippen molar-refractivity contribution in [2.45, 2.75) is 13.8 Å². The normalized spacial score (nSPS) is 19.8. The predicted molar refractivity (Wildman–Crippen MR) is 65.8 cm³/mol. The van der Waals surface area contributed by atoms with E-state index in [9.17, 15) is 4.57 Å². The summed E-state index contributed by atoms with van der Waals surface area (Å²) in [6.07, 6.45) is 0. The first-order chi connectivity index (χ1) is 7.98. The van der Waals surface area contributed by atoms with Gasteiger partial charge in [0.15, 0.2) is 0 Å². The van der Waals surface area contributed by atoms with Crippen LogP contribution in [0.4, 0.5) is 0 Å². The molecule has 0 unspecified atom stereocenters.